The highest BCUT2D eigenvalue weighted by molar-refractivity contribution is 5.94. The van der Waals surface area contributed by atoms with E-state index in [1.54, 1.807) is 68.3 Å². The number of nitrogens with zero attached hydrogens (tertiary/aromatic N) is 4. The summed E-state index contributed by atoms with van der Waals surface area (Å²) in [7, 11) is 4.74. The van der Waals surface area contributed by atoms with Crippen LogP contribution < -0.4 is 24.3 Å². The van der Waals surface area contributed by atoms with Crippen molar-refractivity contribution >= 4 is 11.6 Å². The number of methoxy groups -OCH3 is 3. The lowest BCUT2D eigenvalue weighted by Crippen LogP contribution is -2.28. The van der Waals surface area contributed by atoms with E-state index in [1.807, 2.05) is 12.1 Å². The van der Waals surface area contributed by atoms with Crippen molar-refractivity contribution < 1.29 is 23.7 Å². The van der Waals surface area contributed by atoms with Crippen LogP contribution in [0.2, 0.25) is 0 Å². The van der Waals surface area contributed by atoms with E-state index in [4.69, 9.17) is 18.9 Å². The molecule has 2 aromatic carbocycles. The van der Waals surface area contributed by atoms with Crippen LogP contribution in [0.5, 0.6) is 23.1 Å². The summed E-state index contributed by atoms with van der Waals surface area (Å²) < 4.78 is 23.1. The summed E-state index contributed by atoms with van der Waals surface area (Å²) >= 11 is 0. The number of benzene rings is 2. The summed E-state index contributed by atoms with van der Waals surface area (Å²) in [5.41, 5.74) is 1.81. The summed E-state index contributed by atoms with van der Waals surface area (Å²) in [6, 6.07) is 15.7. The lowest BCUT2D eigenvalue weighted by molar-refractivity contribution is 0.0946. The quantitative estimate of drug-likeness (QED) is 0.389. The predicted molar refractivity (Wildman–Crippen MR) is 120 cm³/mol. The van der Waals surface area contributed by atoms with Gasteiger partial charge in [0.15, 0.2) is 11.5 Å². The van der Waals surface area contributed by atoms with Crippen molar-refractivity contribution in [1.82, 2.24) is 25.1 Å². The minimum Gasteiger partial charge on any atom is -0.497 e. The summed E-state index contributed by atoms with van der Waals surface area (Å²) in [4.78, 5) is 12.2. The van der Waals surface area contributed by atoms with Crippen LogP contribution in [0.3, 0.4) is 0 Å². The van der Waals surface area contributed by atoms with Crippen molar-refractivity contribution in [3.63, 3.8) is 0 Å². The maximum absolute atomic E-state index is 12.2. The molecule has 1 amide bonds. The predicted octanol–water partition coefficient (Wildman–Crippen LogP) is 2.63. The van der Waals surface area contributed by atoms with Gasteiger partial charge in [-0.1, -0.05) is 0 Å². The fourth-order valence-corrected chi connectivity index (χ4v) is 3.16. The molecule has 0 unspecified atom stereocenters. The van der Waals surface area contributed by atoms with Gasteiger partial charge in [0.25, 0.3) is 5.91 Å². The van der Waals surface area contributed by atoms with Crippen molar-refractivity contribution in [3.05, 3.63) is 60.2 Å². The molecule has 0 atom stereocenters. The summed E-state index contributed by atoms with van der Waals surface area (Å²) in [6.07, 6.45) is 0. The second kappa shape index (κ2) is 9.86. The lowest BCUT2D eigenvalue weighted by atomic mass is 10.2. The monoisotopic (exact) mass is 449 g/mol. The zero-order valence-electron chi connectivity index (χ0n) is 18.4. The average Bonchev–Trinajstić information content (AvgIpc) is 3.29. The molecule has 0 spiro atoms. The first-order chi connectivity index (χ1) is 16.1. The Labute approximate surface area is 190 Å². The molecule has 1 N–H and O–H groups in total. The third-order valence-electron chi connectivity index (χ3n) is 4.88. The van der Waals surface area contributed by atoms with Gasteiger partial charge in [0.1, 0.15) is 23.9 Å². The van der Waals surface area contributed by atoms with E-state index in [2.05, 4.69) is 20.6 Å². The summed E-state index contributed by atoms with van der Waals surface area (Å²) in [5, 5.41) is 15.7. The van der Waals surface area contributed by atoms with Gasteiger partial charge in [-0.05, 0) is 42.5 Å². The highest BCUT2D eigenvalue weighted by Gasteiger charge is 2.16. The van der Waals surface area contributed by atoms with Crippen molar-refractivity contribution in [1.29, 1.82) is 0 Å². The van der Waals surface area contributed by atoms with Crippen LogP contribution in [0, 0.1) is 0 Å². The van der Waals surface area contributed by atoms with Crippen LogP contribution in [0.1, 0.15) is 10.4 Å². The Morgan fingerprint density at radius 2 is 1.67 bits per heavy atom. The fourth-order valence-electron chi connectivity index (χ4n) is 3.16. The van der Waals surface area contributed by atoms with Gasteiger partial charge in [-0.25, -0.2) is 0 Å². The minimum atomic E-state index is -0.197. The normalized spacial score (nSPS) is 10.6. The van der Waals surface area contributed by atoms with Gasteiger partial charge in [0.2, 0.25) is 5.88 Å². The zero-order valence-corrected chi connectivity index (χ0v) is 18.4. The third-order valence-corrected chi connectivity index (χ3v) is 4.88. The number of amides is 1. The van der Waals surface area contributed by atoms with Crippen molar-refractivity contribution in [3.8, 4) is 34.5 Å². The average molecular weight is 449 g/mol. The molecule has 0 aliphatic rings. The molecule has 0 fully saturated rings. The first-order valence-corrected chi connectivity index (χ1v) is 10.1. The largest absolute Gasteiger partial charge is 0.497 e. The highest BCUT2D eigenvalue weighted by Crippen LogP contribution is 2.32. The van der Waals surface area contributed by atoms with E-state index in [0.717, 1.165) is 0 Å². The highest BCUT2D eigenvalue weighted by atomic mass is 16.5. The maximum atomic E-state index is 12.2. The molecule has 10 nitrogen and oxygen atoms in total. The van der Waals surface area contributed by atoms with E-state index in [9.17, 15) is 4.79 Å². The van der Waals surface area contributed by atoms with Gasteiger partial charge < -0.3 is 24.3 Å². The number of rotatable bonds is 9. The van der Waals surface area contributed by atoms with Crippen molar-refractivity contribution in [2.75, 3.05) is 34.5 Å². The molecule has 33 heavy (non-hydrogen) atoms. The van der Waals surface area contributed by atoms with Crippen LogP contribution >= 0.6 is 0 Å². The van der Waals surface area contributed by atoms with Gasteiger partial charge >= 0.3 is 0 Å². The number of fused-ring (bicyclic) bond motifs is 1. The number of hydrogen-bond donors (Lipinski definition) is 1. The molecular formula is C23H23N5O5. The second-order valence-electron chi connectivity index (χ2n) is 6.86. The Hall–Kier alpha value is -4.34. The smallest absolute Gasteiger partial charge is 0.251 e. The molecule has 2 aromatic heterocycles. The molecule has 0 saturated carbocycles. The molecular weight excluding hydrogens is 426 g/mol. The number of ether oxygens (including phenoxy) is 4. The first-order valence-electron chi connectivity index (χ1n) is 10.1. The summed E-state index contributed by atoms with van der Waals surface area (Å²) in [6.45, 7) is 0.551. The molecule has 170 valence electrons. The van der Waals surface area contributed by atoms with E-state index in [0.29, 0.717) is 52.3 Å². The van der Waals surface area contributed by atoms with Crippen molar-refractivity contribution in [2.45, 2.75) is 0 Å². The fraction of sp³-hybridized carbons (Fsp3) is 0.217. The Kier molecular flexibility index (Phi) is 6.53. The SMILES string of the molecule is COc1ccc(C(=O)NCCOc2ccc3nnc(-c4ccc(OC)cc4OC)n3n2)cc1. The lowest BCUT2D eigenvalue weighted by Gasteiger charge is -2.10. The number of hydrogen-bond acceptors (Lipinski definition) is 8. The van der Waals surface area contributed by atoms with Crippen LogP contribution in [0.25, 0.3) is 17.0 Å². The van der Waals surface area contributed by atoms with E-state index >= 15 is 0 Å². The van der Waals surface area contributed by atoms with Gasteiger partial charge in [-0.3, -0.25) is 4.79 Å². The molecule has 0 bridgehead atoms. The Morgan fingerprint density at radius 1 is 0.909 bits per heavy atom. The van der Waals surface area contributed by atoms with Crippen molar-refractivity contribution in [2.24, 2.45) is 0 Å². The minimum absolute atomic E-state index is 0.197. The molecule has 0 radical (unpaired) electrons. The zero-order chi connectivity index (χ0) is 23.2. The standard InChI is InChI=1S/C23H23N5O5/c1-30-16-6-4-15(5-7-16)23(29)24-12-13-33-21-11-10-20-25-26-22(28(20)27-21)18-9-8-17(31-2)14-19(18)32-3/h4-11,14H,12-13H2,1-3H3,(H,24,29). The number of carbonyl (C=O) groups is 1. The Morgan fingerprint density at radius 3 is 2.39 bits per heavy atom. The first kappa shape index (κ1) is 21.9. The number of carbonyl (C=O) groups excluding carboxylic acids is 1. The number of nitrogens with one attached hydrogen (secondary N) is 1. The summed E-state index contributed by atoms with van der Waals surface area (Å²) in [5.74, 6) is 2.61. The van der Waals surface area contributed by atoms with E-state index in [1.165, 1.54) is 0 Å². The molecule has 0 saturated heterocycles. The molecule has 4 rings (SSSR count). The number of aromatic nitrogens is 4. The molecule has 4 aromatic rings. The Balaban J connectivity index is 1.43. The molecule has 10 heteroatoms. The second-order valence-corrected chi connectivity index (χ2v) is 6.86. The molecule has 0 aliphatic carbocycles. The van der Waals surface area contributed by atoms with Crippen LogP contribution in [0.15, 0.2) is 54.6 Å². The molecule has 0 aliphatic heterocycles. The van der Waals surface area contributed by atoms with Gasteiger partial charge in [0, 0.05) is 17.7 Å². The Bertz CT molecular complexity index is 1260. The van der Waals surface area contributed by atoms with Gasteiger partial charge in [-0.15, -0.1) is 15.3 Å². The van der Waals surface area contributed by atoms with Crippen LogP contribution in [-0.2, 0) is 0 Å². The van der Waals surface area contributed by atoms with E-state index < -0.39 is 0 Å². The van der Waals surface area contributed by atoms with Crippen LogP contribution in [0.4, 0.5) is 0 Å². The van der Waals surface area contributed by atoms with Gasteiger partial charge in [0.05, 0.1) is 33.4 Å². The molecule has 2 heterocycles. The third kappa shape index (κ3) is 4.79. The van der Waals surface area contributed by atoms with Crippen LogP contribution in [-0.4, -0.2) is 60.2 Å². The van der Waals surface area contributed by atoms with E-state index in [-0.39, 0.29) is 12.5 Å². The maximum Gasteiger partial charge on any atom is 0.251 e. The van der Waals surface area contributed by atoms with Gasteiger partial charge in [-0.2, -0.15) is 4.52 Å². The topological polar surface area (TPSA) is 109 Å².